The molecule has 0 radical (unpaired) electrons. The van der Waals surface area contributed by atoms with Gasteiger partial charge in [-0.15, -0.1) is 0 Å². The zero-order chi connectivity index (χ0) is 7.40. The number of hydrogen-bond acceptors (Lipinski definition) is 2. The lowest BCUT2D eigenvalue weighted by atomic mass is 10.2. The molecule has 0 aliphatic carbocycles. The van der Waals surface area contributed by atoms with E-state index in [9.17, 15) is 0 Å². The molecule has 0 amide bonds. The Balaban J connectivity index is 0.000001000. The van der Waals surface area contributed by atoms with Crippen LogP contribution in [0.5, 0.6) is 0 Å². The number of aryl methyl sites for hydroxylation is 1. The number of nitrogens with two attached hydrogens (primary N) is 1. The Morgan fingerprint density at radius 2 is 1.82 bits per heavy atom. The van der Waals surface area contributed by atoms with Gasteiger partial charge in [-0.25, -0.2) is 0 Å². The van der Waals surface area contributed by atoms with Gasteiger partial charge in [-0.3, -0.25) is 11.3 Å². The Kier molecular flexibility index (Phi) is 4.86. The summed E-state index contributed by atoms with van der Waals surface area (Å²) >= 11 is 0. The molecule has 0 unspecified atom stereocenters. The normalized spacial score (nSPS) is 8.91. The summed E-state index contributed by atoms with van der Waals surface area (Å²) in [6.07, 6.45) is 0. The minimum Gasteiger partial charge on any atom is -1.00 e. The molecule has 0 heterocycles. The van der Waals surface area contributed by atoms with E-state index in [1.807, 2.05) is 0 Å². The smallest absolute Gasteiger partial charge is 0.0348 e. The van der Waals surface area contributed by atoms with Gasteiger partial charge in [0.05, 0.1) is 0 Å². The van der Waals surface area contributed by atoms with Gasteiger partial charge in [0.25, 0.3) is 0 Å². The Morgan fingerprint density at radius 1 is 1.27 bits per heavy atom. The van der Waals surface area contributed by atoms with Crippen molar-refractivity contribution in [1.29, 1.82) is 0 Å². The summed E-state index contributed by atoms with van der Waals surface area (Å²) in [5, 5.41) is 0. The zero-order valence-electron chi connectivity index (χ0n) is 6.47. The summed E-state index contributed by atoms with van der Waals surface area (Å²) in [6, 6.07) is 8.28. The first-order chi connectivity index (χ1) is 4.83. The molecule has 0 aliphatic rings. The van der Waals surface area contributed by atoms with Gasteiger partial charge in [-0.2, -0.15) is 0 Å². The van der Waals surface area contributed by atoms with Crippen LogP contribution in [0, 0.1) is 6.92 Å². The fourth-order valence-corrected chi connectivity index (χ4v) is 0.824. The second kappa shape index (κ2) is 5.13. The molecule has 0 saturated carbocycles. The van der Waals surface area contributed by atoms with Crippen LogP contribution in [0.3, 0.4) is 0 Å². The molecule has 0 atom stereocenters. The average Bonchev–Trinajstić information content (AvgIpc) is 1.95. The maximum Gasteiger partial charge on any atom is 0.0348 e. The predicted molar refractivity (Wildman–Crippen MR) is 42.2 cm³/mol. The van der Waals surface area contributed by atoms with Crippen LogP contribution in [-0.2, 0) is 6.54 Å². The van der Waals surface area contributed by atoms with Crippen molar-refractivity contribution in [3.63, 3.8) is 0 Å². The zero-order valence-corrected chi connectivity index (χ0v) is 7.23. The Hall–Kier alpha value is -0.570. The van der Waals surface area contributed by atoms with Crippen LogP contribution in [0.2, 0.25) is 0 Å². The largest absolute Gasteiger partial charge is 1.00 e. The molecule has 62 valence electrons. The number of hydrogen-bond donors (Lipinski definition) is 2. The number of nitrogens with one attached hydrogen (secondary N) is 1. The van der Waals surface area contributed by atoms with Gasteiger partial charge in [0.15, 0.2) is 0 Å². The van der Waals surface area contributed by atoms with Gasteiger partial charge < -0.3 is 12.4 Å². The van der Waals surface area contributed by atoms with E-state index in [2.05, 4.69) is 36.6 Å². The van der Waals surface area contributed by atoms with E-state index in [1.165, 1.54) is 11.1 Å². The number of rotatable bonds is 2. The summed E-state index contributed by atoms with van der Waals surface area (Å²) in [4.78, 5) is 0. The summed E-state index contributed by atoms with van der Waals surface area (Å²) in [7, 11) is 0. The maximum atomic E-state index is 5.15. The molecule has 0 bridgehead atoms. The lowest BCUT2D eigenvalue weighted by Gasteiger charge is -1.98. The lowest BCUT2D eigenvalue weighted by molar-refractivity contribution is -0.00000226. The maximum absolute atomic E-state index is 5.15. The molecular formula is C8H12ClN2-. The third kappa shape index (κ3) is 3.37. The van der Waals surface area contributed by atoms with Crippen molar-refractivity contribution in [2.75, 3.05) is 0 Å². The van der Waals surface area contributed by atoms with Crippen LogP contribution in [0.15, 0.2) is 24.3 Å². The van der Waals surface area contributed by atoms with Crippen molar-refractivity contribution >= 4 is 0 Å². The first kappa shape index (κ1) is 10.4. The predicted octanol–water partition coefficient (Wildman–Crippen LogP) is -2.04. The fourth-order valence-electron chi connectivity index (χ4n) is 0.824. The highest BCUT2D eigenvalue weighted by Gasteiger charge is 1.87. The van der Waals surface area contributed by atoms with Crippen molar-refractivity contribution in [2.45, 2.75) is 13.5 Å². The molecule has 1 aromatic carbocycles. The average molecular weight is 172 g/mol. The van der Waals surface area contributed by atoms with Crippen LogP contribution in [0.25, 0.3) is 0 Å². The summed E-state index contributed by atoms with van der Waals surface area (Å²) in [5.74, 6) is 5.15. The van der Waals surface area contributed by atoms with Crippen LogP contribution in [0.1, 0.15) is 11.1 Å². The molecule has 3 heteroatoms. The molecule has 0 aliphatic heterocycles. The van der Waals surface area contributed by atoms with Crippen LogP contribution in [0.4, 0.5) is 0 Å². The van der Waals surface area contributed by atoms with Crippen LogP contribution >= 0.6 is 0 Å². The lowest BCUT2D eigenvalue weighted by Crippen LogP contribution is -3.00. The first-order valence-electron chi connectivity index (χ1n) is 3.32. The van der Waals surface area contributed by atoms with Crippen LogP contribution in [-0.4, -0.2) is 0 Å². The minimum absolute atomic E-state index is 0. The van der Waals surface area contributed by atoms with E-state index < -0.39 is 0 Å². The molecule has 0 fully saturated rings. The van der Waals surface area contributed by atoms with Crippen molar-refractivity contribution in [1.82, 2.24) is 5.43 Å². The summed E-state index contributed by atoms with van der Waals surface area (Å²) in [6.45, 7) is 2.81. The first-order valence-corrected chi connectivity index (χ1v) is 3.32. The molecule has 1 aromatic rings. The molecule has 11 heavy (non-hydrogen) atoms. The minimum atomic E-state index is 0. The van der Waals surface area contributed by atoms with Gasteiger partial charge in [-0.1, -0.05) is 29.8 Å². The molecule has 0 aromatic heterocycles. The van der Waals surface area contributed by atoms with E-state index in [4.69, 9.17) is 5.84 Å². The van der Waals surface area contributed by atoms with Gasteiger partial charge in [0, 0.05) is 6.54 Å². The van der Waals surface area contributed by atoms with Gasteiger partial charge >= 0.3 is 0 Å². The molecule has 0 spiro atoms. The monoisotopic (exact) mass is 171 g/mol. The quantitative estimate of drug-likeness (QED) is 0.398. The highest BCUT2D eigenvalue weighted by Crippen LogP contribution is 2.01. The Labute approximate surface area is 73.2 Å². The molecule has 3 N–H and O–H groups in total. The van der Waals surface area contributed by atoms with Gasteiger partial charge in [0.1, 0.15) is 0 Å². The Morgan fingerprint density at radius 3 is 2.27 bits per heavy atom. The summed E-state index contributed by atoms with van der Waals surface area (Å²) in [5.41, 5.74) is 5.10. The summed E-state index contributed by atoms with van der Waals surface area (Å²) < 4.78 is 0. The van der Waals surface area contributed by atoms with Crippen molar-refractivity contribution in [3.8, 4) is 0 Å². The third-order valence-corrected chi connectivity index (χ3v) is 1.43. The van der Waals surface area contributed by atoms with Crippen LogP contribution < -0.4 is 23.7 Å². The van der Waals surface area contributed by atoms with E-state index in [0.717, 1.165) is 6.54 Å². The number of hydrazine groups is 1. The fraction of sp³-hybridized carbons (Fsp3) is 0.250. The van der Waals surface area contributed by atoms with Crippen molar-refractivity contribution < 1.29 is 12.4 Å². The second-order valence-corrected chi connectivity index (χ2v) is 2.37. The number of benzene rings is 1. The molecular weight excluding hydrogens is 160 g/mol. The van der Waals surface area contributed by atoms with E-state index in [1.54, 1.807) is 0 Å². The highest BCUT2D eigenvalue weighted by atomic mass is 35.5. The SMILES string of the molecule is Cc1ccc(CNN)cc1.[Cl-]. The number of halogens is 1. The van der Waals surface area contributed by atoms with E-state index >= 15 is 0 Å². The highest BCUT2D eigenvalue weighted by molar-refractivity contribution is 5.20. The van der Waals surface area contributed by atoms with Gasteiger partial charge in [-0.05, 0) is 12.5 Å². The van der Waals surface area contributed by atoms with Crippen molar-refractivity contribution in [3.05, 3.63) is 35.4 Å². The Bertz CT molecular complexity index is 196. The van der Waals surface area contributed by atoms with E-state index in [0.29, 0.717) is 0 Å². The molecule has 2 nitrogen and oxygen atoms in total. The molecule has 1 rings (SSSR count). The standard InChI is InChI=1S/C8H12N2.ClH/c1-7-2-4-8(5-3-7)6-10-9;/h2-5,10H,6,9H2,1H3;1H/p-1. The second-order valence-electron chi connectivity index (χ2n) is 2.37. The van der Waals surface area contributed by atoms with Crippen molar-refractivity contribution in [2.24, 2.45) is 5.84 Å². The van der Waals surface area contributed by atoms with E-state index in [-0.39, 0.29) is 12.4 Å². The van der Waals surface area contributed by atoms with Gasteiger partial charge in [0.2, 0.25) is 0 Å². The molecule has 0 saturated heterocycles. The third-order valence-electron chi connectivity index (χ3n) is 1.43. The topological polar surface area (TPSA) is 38.0 Å².